The lowest BCUT2D eigenvalue weighted by molar-refractivity contribution is 0.773. The molecule has 0 saturated carbocycles. The molecular weight excluding hydrogens is 120 g/mol. The van der Waals surface area contributed by atoms with E-state index < -0.39 is 0 Å². The van der Waals surface area contributed by atoms with Gasteiger partial charge in [-0.2, -0.15) is 0 Å². The lowest BCUT2D eigenvalue weighted by Gasteiger charge is -1.97. The molecular formula is C10H20. The first-order valence-electron chi connectivity index (χ1n) is 3.65. The molecule has 0 aliphatic rings. The zero-order chi connectivity index (χ0) is 8.73. The Labute approximate surface area is 65.7 Å². The molecule has 0 bridgehead atoms. The van der Waals surface area contributed by atoms with Crippen molar-refractivity contribution in [3.8, 4) is 0 Å². The van der Waals surface area contributed by atoms with E-state index >= 15 is 0 Å². The summed E-state index contributed by atoms with van der Waals surface area (Å²) >= 11 is 0. The van der Waals surface area contributed by atoms with Gasteiger partial charge in [-0.25, -0.2) is 0 Å². The molecule has 0 heteroatoms. The lowest BCUT2D eigenvalue weighted by Crippen LogP contribution is -1.83. The van der Waals surface area contributed by atoms with Crippen LogP contribution < -0.4 is 0 Å². The molecule has 0 aliphatic carbocycles. The summed E-state index contributed by atoms with van der Waals surface area (Å²) < 4.78 is 0. The predicted octanol–water partition coefficient (Wildman–Crippen LogP) is 3.80. The summed E-state index contributed by atoms with van der Waals surface area (Å²) in [6.45, 7) is 17.6. The Morgan fingerprint density at radius 2 is 1.10 bits per heavy atom. The van der Waals surface area contributed by atoms with Gasteiger partial charge in [0.2, 0.25) is 0 Å². The van der Waals surface area contributed by atoms with Crippen molar-refractivity contribution in [3.63, 3.8) is 0 Å². The highest BCUT2D eigenvalue weighted by molar-refractivity contribution is 4.90. The van der Waals surface area contributed by atoms with Crippen LogP contribution in [0.5, 0.6) is 0 Å². The fourth-order valence-electron chi connectivity index (χ4n) is 0. The van der Waals surface area contributed by atoms with Crippen LogP contribution in [0.15, 0.2) is 24.3 Å². The van der Waals surface area contributed by atoms with E-state index in [-0.39, 0.29) is 0 Å². The van der Waals surface area contributed by atoms with Crippen LogP contribution in [0.25, 0.3) is 0 Å². The van der Waals surface area contributed by atoms with Crippen LogP contribution in [0.2, 0.25) is 0 Å². The third-order valence-corrected chi connectivity index (χ3v) is 0.986. The van der Waals surface area contributed by atoms with Gasteiger partial charge in [0.15, 0.2) is 0 Å². The Morgan fingerprint density at radius 3 is 1.10 bits per heavy atom. The third kappa shape index (κ3) is 25.9. The largest absolute Gasteiger partial charge is 0.100 e. The average molecular weight is 140 g/mol. The highest BCUT2D eigenvalue weighted by Crippen LogP contribution is 2.02. The number of rotatable bonds is 1. The van der Waals surface area contributed by atoms with E-state index in [0.717, 1.165) is 0 Å². The Kier molecular flexibility index (Phi) is 8.04. The SMILES string of the molecule is C=C(C)C.C=C(C)C(C)C. The topological polar surface area (TPSA) is 0 Å². The molecule has 0 aromatic carbocycles. The van der Waals surface area contributed by atoms with Gasteiger partial charge >= 0.3 is 0 Å². The van der Waals surface area contributed by atoms with Gasteiger partial charge in [-0.15, -0.1) is 6.58 Å². The van der Waals surface area contributed by atoms with Gasteiger partial charge in [0, 0.05) is 0 Å². The first-order chi connectivity index (χ1) is 4.37. The molecule has 0 aromatic heterocycles. The highest BCUT2D eigenvalue weighted by atomic mass is 13.9. The van der Waals surface area contributed by atoms with Crippen LogP contribution in [-0.2, 0) is 0 Å². The fraction of sp³-hybridized carbons (Fsp3) is 0.600. The van der Waals surface area contributed by atoms with Crippen LogP contribution in [0.4, 0.5) is 0 Å². The van der Waals surface area contributed by atoms with Crippen LogP contribution in [0.1, 0.15) is 34.6 Å². The molecule has 0 N–H and O–H groups in total. The molecule has 0 unspecified atom stereocenters. The second kappa shape index (κ2) is 6.60. The Bertz CT molecular complexity index is 103. The van der Waals surface area contributed by atoms with Gasteiger partial charge in [-0.05, 0) is 26.7 Å². The van der Waals surface area contributed by atoms with Crippen molar-refractivity contribution < 1.29 is 0 Å². The van der Waals surface area contributed by atoms with E-state index in [4.69, 9.17) is 0 Å². The quantitative estimate of drug-likeness (QED) is 0.486. The summed E-state index contributed by atoms with van der Waals surface area (Å²) in [6, 6.07) is 0. The molecule has 0 aromatic rings. The molecule has 0 fully saturated rings. The maximum Gasteiger partial charge on any atom is -0.0266 e. The van der Waals surface area contributed by atoms with Gasteiger partial charge in [0.05, 0.1) is 0 Å². The Hall–Kier alpha value is -0.520. The molecule has 0 saturated heterocycles. The molecule has 0 amide bonds. The maximum absolute atomic E-state index is 3.75. The monoisotopic (exact) mass is 140 g/mol. The van der Waals surface area contributed by atoms with E-state index in [0.29, 0.717) is 5.92 Å². The third-order valence-electron chi connectivity index (χ3n) is 0.986. The van der Waals surface area contributed by atoms with Crippen molar-refractivity contribution in [2.24, 2.45) is 5.92 Å². The van der Waals surface area contributed by atoms with E-state index in [9.17, 15) is 0 Å². The van der Waals surface area contributed by atoms with Crippen molar-refractivity contribution in [3.05, 3.63) is 24.3 Å². The first-order valence-corrected chi connectivity index (χ1v) is 3.65. The zero-order valence-electron chi connectivity index (χ0n) is 7.99. The van der Waals surface area contributed by atoms with E-state index in [1.165, 1.54) is 11.1 Å². The van der Waals surface area contributed by atoms with Crippen LogP contribution in [0, 0.1) is 5.92 Å². The van der Waals surface area contributed by atoms with Gasteiger partial charge in [-0.3, -0.25) is 0 Å². The Balaban J connectivity index is 0. The minimum atomic E-state index is 0.657. The highest BCUT2D eigenvalue weighted by Gasteiger charge is 1.87. The standard InChI is InChI=1S/C6H12.C4H8/c1-5(2)6(3)4;1-4(2)3/h6H,1H2,2-4H3;1H2,2-3H3. The van der Waals surface area contributed by atoms with E-state index in [2.05, 4.69) is 27.0 Å². The summed E-state index contributed by atoms with van der Waals surface area (Å²) in [5.41, 5.74) is 2.43. The smallest absolute Gasteiger partial charge is 0.0266 e. The number of hydrogen-bond donors (Lipinski definition) is 0. The van der Waals surface area contributed by atoms with Gasteiger partial charge in [-0.1, -0.05) is 31.6 Å². The molecule has 0 heterocycles. The van der Waals surface area contributed by atoms with Gasteiger partial charge in [0.25, 0.3) is 0 Å². The molecule has 0 aliphatic heterocycles. The number of hydrogen-bond acceptors (Lipinski definition) is 0. The average Bonchev–Trinajstić information content (AvgIpc) is 1.63. The second-order valence-corrected chi connectivity index (χ2v) is 3.21. The first kappa shape index (κ1) is 12.2. The summed E-state index contributed by atoms with van der Waals surface area (Å²) in [4.78, 5) is 0. The normalized spacial score (nSPS) is 8.20. The fourth-order valence-corrected chi connectivity index (χ4v) is 0. The molecule has 0 nitrogen and oxygen atoms in total. The van der Waals surface area contributed by atoms with Crippen molar-refractivity contribution in [2.45, 2.75) is 34.6 Å². The summed E-state index contributed by atoms with van der Waals surface area (Å²) in [5.74, 6) is 0.657. The van der Waals surface area contributed by atoms with Crippen LogP contribution in [0.3, 0.4) is 0 Å². The molecule has 0 radical (unpaired) electrons. The second-order valence-electron chi connectivity index (χ2n) is 3.21. The van der Waals surface area contributed by atoms with Crippen molar-refractivity contribution >= 4 is 0 Å². The predicted molar refractivity (Wildman–Crippen MR) is 50.1 cm³/mol. The zero-order valence-corrected chi connectivity index (χ0v) is 7.99. The van der Waals surface area contributed by atoms with Gasteiger partial charge < -0.3 is 0 Å². The van der Waals surface area contributed by atoms with Crippen molar-refractivity contribution in [1.29, 1.82) is 0 Å². The molecule has 60 valence electrons. The Morgan fingerprint density at radius 1 is 1.00 bits per heavy atom. The minimum Gasteiger partial charge on any atom is -0.100 e. The molecule has 0 spiro atoms. The van der Waals surface area contributed by atoms with Crippen molar-refractivity contribution in [2.75, 3.05) is 0 Å². The maximum atomic E-state index is 3.75. The van der Waals surface area contributed by atoms with E-state index in [1.54, 1.807) is 0 Å². The molecule has 0 rings (SSSR count). The van der Waals surface area contributed by atoms with E-state index in [1.807, 2.05) is 20.8 Å². The molecule has 10 heavy (non-hydrogen) atoms. The summed E-state index contributed by atoms with van der Waals surface area (Å²) in [7, 11) is 0. The molecule has 0 atom stereocenters. The summed E-state index contributed by atoms with van der Waals surface area (Å²) in [5, 5.41) is 0. The lowest BCUT2D eigenvalue weighted by atomic mass is 10.1. The van der Waals surface area contributed by atoms with Crippen LogP contribution in [-0.4, -0.2) is 0 Å². The number of allylic oxidation sites excluding steroid dienone is 2. The van der Waals surface area contributed by atoms with Crippen LogP contribution >= 0.6 is 0 Å². The van der Waals surface area contributed by atoms with Gasteiger partial charge in [0.1, 0.15) is 0 Å². The minimum absolute atomic E-state index is 0.657. The summed E-state index contributed by atoms with van der Waals surface area (Å²) in [6.07, 6.45) is 0. The van der Waals surface area contributed by atoms with Crippen molar-refractivity contribution in [1.82, 2.24) is 0 Å².